The maximum atomic E-state index is 13.9. The predicted molar refractivity (Wildman–Crippen MR) is 83.0 cm³/mol. The molecule has 0 aliphatic rings. The monoisotopic (exact) mass is 297 g/mol. The van der Waals surface area contributed by atoms with E-state index in [0.717, 1.165) is 19.0 Å². The predicted octanol–water partition coefficient (Wildman–Crippen LogP) is 2.34. The summed E-state index contributed by atoms with van der Waals surface area (Å²) in [5.74, 6) is -1.02. The Labute approximate surface area is 125 Å². The molecule has 0 radical (unpaired) electrons. The van der Waals surface area contributed by atoms with Crippen LogP contribution in [0.1, 0.15) is 30.6 Å². The summed E-state index contributed by atoms with van der Waals surface area (Å²) in [5, 5.41) is 3.07. The van der Waals surface area contributed by atoms with Crippen LogP contribution >= 0.6 is 0 Å². The maximum Gasteiger partial charge on any atom is 0.340 e. The highest BCUT2D eigenvalue weighted by Crippen LogP contribution is 2.24. The van der Waals surface area contributed by atoms with Gasteiger partial charge < -0.3 is 20.7 Å². The number of esters is 1. The number of nitrogens with two attached hydrogens (primary N) is 1. The highest BCUT2D eigenvalue weighted by Gasteiger charge is 2.16. The van der Waals surface area contributed by atoms with E-state index in [0.29, 0.717) is 0 Å². The minimum absolute atomic E-state index is 0.0700. The molecular weight excluding hydrogens is 273 g/mol. The molecule has 1 unspecified atom stereocenters. The minimum atomic E-state index is -0.543. The number of benzene rings is 1. The number of nitrogen functional groups attached to an aromatic ring is 1. The zero-order chi connectivity index (χ0) is 16.0. The molecule has 0 aliphatic heterocycles. The Kier molecular flexibility index (Phi) is 6.42. The Morgan fingerprint density at radius 3 is 2.71 bits per heavy atom. The molecule has 0 aromatic heterocycles. The van der Waals surface area contributed by atoms with Crippen molar-refractivity contribution in [3.63, 3.8) is 0 Å². The summed E-state index contributed by atoms with van der Waals surface area (Å²) in [6, 6.07) is 2.63. The van der Waals surface area contributed by atoms with E-state index in [1.165, 1.54) is 6.07 Å². The highest BCUT2D eigenvalue weighted by atomic mass is 19.1. The quantitative estimate of drug-likeness (QED) is 0.597. The van der Waals surface area contributed by atoms with Gasteiger partial charge in [-0.25, -0.2) is 9.18 Å². The molecule has 6 heteroatoms. The Hall–Kier alpha value is -1.82. The number of carbonyl (C=O) groups excluding carboxylic acids is 1. The summed E-state index contributed by atoms with van der Waals surface area (Å²) >= 11 is 0. The van der Waals surface area contributed by atoms with E-state index in [2.05, 4.69) is 10.2 Å². The van der Waals surface area contributed by atoms with E-state index in [9.17, 15) is 9.18 Å². The number of rotatable bonds is 7. The summed E-state index contributed by atoms with van der Waals surface area (Å²) in [5.41, 5.74) is 6.20. The van der Waals surface area contributed by atoms with Crippen LogP contribution in [0.3, 0.4) is 0 Å². The molecule has 118 valence electrons. The van der Waals surface area contributed by atoms with Crippen molar-refractivity contribution in [2.24, 2.45) is 0 Å². The van der Waals surface area contributed by atoms with Crippen LogP contribution in [0.5, 0.6) is 0 Å². The van der Waals surface area contributed by atoms with Gasteiger partial charge in [0.05, 0.1) is 17.9 Å². The average Bonchev–Trinajstić information content (AvgIpc) is 2.39. The molecule has 21 heavy (non-hydrogen) atoms. The van der Waals surface area contributed by atoms with Crippen LogP contribution in [0.4, 0.5) is 15.8 Å². The summed E-state index contributed by atoms with van der Waals surface area (Å²) in [7, 11) is 3.96. The van der Waals surface area contributed by atoms with E-state index >= 15 is 0 Å². The van der Waals surface area contributed by atoms with Gasteiger partial charge in [0, 0.05) is 11.7 Å². The number of hydrogen-bond donors (Lipinski definition) is 2. The number of carbonyl (C=O) groups is 1. The van der Waals surface area contributed by atoms with Crippen molar-refractivity contribution < 1.29 is 13.9 Å². The van der Waals surface area contributed by atoms with Gasteiger partial charge in [0.25, 0.3) is 0 Å². The van der Waals surface area contributed by atoms with Crippen LogP contribution in [-0.4, -0.2) is 44.2 Å². The first kappa shape index (κ1) is 17.2. The van der Waals surface area contributed by atoms with Crippen molar-refractivity contribution in [3.05, 3.63) is 23.5 Å². The van der Waals surface area contributed by atoms with Crippen molar-refractivity contribution in [3.8, 4) is 0 Å². The first-order valence-corrected chi connectivity index (χ1v) is 7.02. The SMILES string of the molecule is CCOC(=O)c1cc(NC(C)CCN(C)C)c(F)cc1N. The maximum absolute atomic E-state index is 13.9. The van der Waals surface area contributed by atoms with Crippen LogP contribution in [0.2, 0.25) is 0 Å². The van der Waals surface area contributed by atoms with Gasteiger partial charge in [0.2, 0.25) is 0 Å². The Bertz CT molecular complexity index is 492. The van der Waals surface area contributed by atoms with Gasteiger partial charge in [0.15, 0.2) is 0 Å². The second kappa shape index (κ2) is 7.83. The van der Waals surface area contributed by atoms with Crippen molar-refractivity contribution in [2.75, 3.05) is 38.3 Å². The highest BCUT2D eigenvalue weighted by molar-refractivity contribution is 5.96. The fourth-order valence-corrected chi connectivity index (χ4v) is 1.87. The third-order valence-electron chi connectivity index (χ3n) is 3.05. The second-order valence-corrected chi connectivity index (χ2v) is 5.28. The average molecular weight is 297 g/mol. The van der Waals surface area contributed by atoms with E-state index in [1.807, 2.05) is 21.0 Å². The van der Waals surface area contributed by atoms with Gasteiger partial charge in [-0.05, 0) is 53.0 Å². The first-order chi connectivity index (χ1) is 9.85. The molecule has 0 saturated heterocycles. The zero-order valence-corrected chi connectivity index (χ0v) is 13.1. The molecule has 0 aliphatic carbocycles. The Balaban J connectivity index is 2.87. The van der Waals surface area contributed by atoms with Gasteiger partial charge in [0.1, 0.15) is 5.82 Å². The summed E-state index contributed by atoms with van der Waals surface area (Å²) < 4.78 is 18.8. The van der Waals surface area contributed by atoms with Crippen LogP contribution in [-0.2, 0) is 4.74 Å². The van der Waals surface area contributed by atoms with E-state index in [-0.39, 0.29) is 29.6 Å². The lowest BCUT2D eigenvalue weighted by atomic mass is 10.1. The smallest absolute Gasteiger partial charge is 0.340 e. The molecule has 0 heterocycles. The van der Waals surface area contributed by atoms with Gasteiger partial charge >= 0.3 is 5.97 Å². The lowest BCUT2D eigenvalue weighted by Crippen LogP contribution is -2.23. The topological polar surface area (TPSA) is 67.6 Å². The molecule has 3 N–H and O–H groups in total. The summed E-state index contributed by atoms with van der Waals surface area (Å²) in [6.07, 6.45) is 0.853. The summed E-state index contributed by atoms with van der Waals surface area (Å²) in [6.45, 7) is 4.80. The van der Waals surface area contributed by atoms with E-state index in [4.69, 9.17) is 10.5 Å². The molecule has 0 amide bonds. The fraction of sp³-hybridized carbons (Fsp3) is 0.533. The third-order valence-corrected chi connectivity index (χ3v) is 3.05. The van der Waals surface area contributed by atoms with Gasteiger partial charge in [-0.2, -0.15) is 0 Å². The number of hydrogen-bond acceptors (Lipinski definition) is 5. The molecule has 0 saturated carbocycles. The Morgan fingerprint density at radius 1 is 1.48 bits per heavy atom. The number of ether oxygens (including phenoxy) is 1. The minimum Gasteiger partial charge on any atom is -0.462 e. The number of nitrogens with one attached hydrogen (secondary N) is 1. The van der Waals surface area contributed by atoms with Crippen LogP contribution < -0.4 is 11.1 Å². The van der Waals surface area contributed by atoms with E-state index in [1.54, 1.807) is 6.92 Å². The first-order valence-electron chi connectivity index (χ1n) is 7.02. The largest absolute Gasteiger partial charge is 0.462 e. The molecule has 1 aromatic rings. The van der Waals surface area contributed by atoms with Gasteiger partial charge in [-0.3, -0.25) is 0 Å². The fourth-order valence-electron chi connectivity index (χ4n) is 1.87. The third kappa shape index (κ3) is 5.23. The molecular formula is C15H24FN3O2. The van der Waals surface area contributed by atoms with Crippen molar-refractivity contribution in [1.82, 2.24) is 4.90 Å². The Morgan fingerprint density at radius 2 is 2.14 bits per heavy atom. The van der Waals surface area contributed by atoms with Crippen LogP contribution in [0, 0.1) is 5.82 Å². The second-order valence-electron chi connectivity index (χ2n) is 5.28. The number of halogens is 1. The summed E-state index contributed by atoms with van der Waals surface area (Å²) in [4.78, 5) is 13.8. The van der Waals surface area contributed by atoms with E-state index < -0.39 is 11.8 Å². The van der Waals surface area contributed by atoms with Crippen molar-refractivity contribution in [1.29, 1.82) is 0 Å². The number of anilines is 2. The van der Waals surface area contributed by atoms with Crippen LogP contribution in [0.15, 0.2) is 12.1 Å². The molecule has 0 spiro atoms. The lowest BCUT2D eigenvalue weighted by molar-refractivity contribution is 0.0527. The number of nitrogens with zero attached hydrogens (tertiary/aromatic N) is 1. The van der Waals surface area contributed by atoms with Gasteiger partial charge in [-0.15, -0.1) is 0 Å². The van der Waals surface area contributed by atoms with Crippen molar-refractivity contribution in [2.45, 2.75) is 26.3 Å². The molecule has 0 fully saturated rings. The molecule has 1 aromatic carbocycles. The van der Waals surface area contributed by atoms with Gasteiger partial charge in [-0.1, -0.05) is 0 Å². The standard InChI is InChI=1S/C15H24FN3O2/c1-5-21-15(20)11-8-14(12(16)9-13(11)17)18-10(2)6-7-19(3)4/h8-10,18H,5-7,17H2,1-4H3. The molecule has 0 bridgehead atoms. The van der Waals surface area contributed by atoms with Crippen LogP contribution in [0.25, 0.3) is 0 Å². The molecule has 1 atom stereocenters. The zero-order valence-electron chi connectivity index (χ0n) is 13.1. The molecule has 1 rings (SSSR count). The van der Waals surface area contributed by atoms with Crippen molar-refractivity contribution >= 4 is 17.3 Å². The normalized spacial score (nSPS) is 12.3. The molecule has 5 nitrogen and oxygen atoms in total. The lowest BCUT2D eigenvalue weighted by Gasteiger charge is -2.19.